The summed E-state index contributed by atoms with van der Waals surface area (Å²) in [5, 5.41) is 11.6. The standard InChI is InChI=1S/C19H17F2N5OS/c1-11-7-19(10-20,26-18(23)28-11)14-6-13(3-4-15(14)21)25-17(27)16-5-2-12(8-22)9-24-16/h2-6,9,11H,7,10H2,1H3,(H2,23,26)(H,25,27)/t11-,19-/m1/s1. The number of hydrogen-bond donors (Lipinski definition) is 2. The molecule has 0 unspecified atom stereocenters. The normalized spacial score (nSPS) is 21.5. The highest BCUT2D eigenvalue weighted by Gasteiger charge is 2.40. The first-order valence-corrected chi connectivity index (χ1v) is 9.30. The number of hydrogen-bond acceptors (Lipinski definition) is 6. The maximum Gasteiger partial charge on any atom is 0.274 e. The molecule has 0 saturated heterocycles. The van der Waals surface area contributed by atoms with Crippen molar-refractivity contribution in [3.05, 3.63) is 59.2 Å². The van der Waals surface area contributed by atoms with E-state index in [1.54, 1.807) is 0 Å². The minimum Gasteiger partial charge on any atom is -0.379 e. The number of benzene rings is 1. The average molecular weight is 401 g/mol. The molecule has 9 heteroatoms. The molecule has 1 aromatic carbocycles. The fraction of sp³-hybridized carbons (Fsp3) is 0.263. The number of pyridine rings is 1. The van der Waals surface area contributed by atoms with E-state index in [1.165, 1.54) is 42.2 Å². The minimum absolute atomic E-state index is 0.0336. The number of aromatic nitrogens is 1. The Labute approximate surface area is 164 Å². The second-order valence-electron chi connectivity index (χ2n) is 6.44. The second-order valence-corrected chi connectivity index (χ2v) is 7.90. The Hall–Kier alpha value is -2.99. The van der Waals surface area contributed by atoms with Crippen LogP contribution < -0.4 is 11.1 Å². The third-order valence-electron chi connectivity index (χ3n) is 4.34. The summed E-state index contributed by atoms with van der Waals surface area (Å²) in [5.74, 6) is -1.16. The predicted octanol–water partition coefficient (Wildman–Crippen LogP) is 3.35. The molecule has 3 N–H and O–H groups in total. The lowest BCUT2D eigenvalue weighted by atomic mass is 9.86. The van der Waals surface area contributed by atoms with Crippen molar-refractivity contribution in [1.82, 2.24) is 4.98 Å². The summed E-state index contributed by atoms with van der Waals surface area (Å²) in [5.41, 5.74) is 5.11. The molecule has 1 aromatic heterocycles. The molecule has 1 aliphatic heterocycles. The monoisotopic (exact) mass is 401 g/mol. The third kappa shape index (κ3) is 3.97. The molecular formula is C19H17F2N5OS. The van der Waals surface area contributed by atoms with E-state index < -0.39 is 23.9 Å². The van der Waals surface area contributed by atoms with E-state index in [0.717, 1.165) is 6.07 Å². The van der Waals surface area contributed by atoms with E-state index in [2.05, 4.69) is 15.3 Å². The van der Waals surface area contributed by atoms with Gasteiger partial charge in [0.25, 0.3) is 5.91 Å². The van der Waals surface area contributed by atoms with Gasteiger partial charge in [-0.15, -0.1) is 0 Å². The lowest BCUT2D eigenvalue weighted by molar-refractivity contribution is 0.102. The Bertz CT molecular complexity index is 973. The molecule has 0 bridgehead atoms. The van der Waals surface area contributed by atoms with Gasteiger partial charge in [-0.25, -0.2) is 18.8 Å². The van der Waals surface area contributed by atoms with Crippen molar-refractivity contribution in [1.29, 1.82) is 5.26 Å². The summed E-state index contributed by atoms with van der Waals surface area (Å²) in [6.07, 6.45) is 1.56. The molecule has 144 valence electrons. The molecule has 1 aliphatic rings. The fourth-order valence-electron chi connectivity index (χ4n) is 3.08. The van der Waals surface area contributed by atoms with Gasteiger partial charge < -0.3 is 11.1 Å². The summed E-state index contributed by atoms with van der Waals surface area (Å²) < 4.78 is 28.6. The number of carbonyl (C=O) groups is 1. The Morgan fingerprint density at radius 2 is 2.25 bits per heavy atom. The number of rotatable bonds is 4. The first kappa shape index (κ1) is 19.8. The fourth-order valence-corrected chi connectivity index (χ4v) is 4.08. The smallest absolute Gasteiger partial charge is 0.274 e. The average Bonchev–Trinajstić information content (AvgIpc) is 2.68. The molecule has 0 saturated carbocycles. The molecule has 2 heterocycles. The lowest BCUT2D eigenvalue weighted by Crippen LogP contribution is -2.37. The van der Waals surface area contributed by atoms with Crippen LogP contribution in [0.2, 0.25) is 0 Å². The first-order valence-electron chi connectivity index (χ1n) is 8.42. The highest BCUT2D eigenvalue weighted by molar-refractivity contribution is 8.14. The van der Waals surface area contributed by atoms with Crippen molar-refractivity contribution in [2.24, 2.45) is 10.7 Å². The van der Waals surface area contributed by atoms with E-state index >= 15 is 0 Å². The number of nitrogens with two attached hydrogens (primary N) is 1. The van der Waals surface area contributed by atoms with Crippen LogP contribution in [-0.2, 0) is 5.54 Å². The highest BCUT2D eigenvalue weighted by Crippen LogP contribution is 2.41. The number of nitrogens with zero attached hydrogens (tertiary/aromatic N) is 3. The van der Waals surface area contributed by atoms with Crippen molar-refractivity contribution < 1.29 is 13.6 Å². The largest absolute Gasteiger partial charge is 0.379 e. The summed E-state index contributed by atoms with van der Waals surface area (Å²) >= 11 is 1.31. The van der Waals surface area contributed by atoms with Crippen molar-refractivity contribution in [3.63, 3.8) is 0 Å². The van der Waals surface area contributed by atoms with Crippen LogP contribution >= 0.6 is 11.8 Å². The van der Waals surface area contributed by atoms with E-state index in [4.69, 9.17) is 11.0 Å². The topological polar surface area (TPSA) is 104 Å². The van der Waals surface area contributed by atoms with Crippen LogP contribution in [0.25, 0.3) is 0 Å². The Balaban J connectivity index is 1.92. The van der Waals surface area contributed by atoms with Crippen LogP contribution in [0.5, 0.6) is 0 Å². The molecular weight excluding hydrogens is 384 g/mol. The molecule has 1 amide bonds. The zero-order valence-electron chi connectivity index (χ0n) is 14.9. The van der Waals surface area contributed by atoms with Gasteiger partial charge in [-0.05, 0) is 36.8 Å². The predicted molar refractivity (Wildman–Crippen MR) is 104 cm³/mol. The van der Waals surface area contributed by atoms with E-state index in [9.17, 15) is 13.6 Å². The molecule has 2 atom stereocenters. The number of halogens is 2. The zero-order valence-corrected chi connectivity index (χ0v) is 15.8. The van der Waals surface area contributed by atoms with Crippen LogP contribution in [0.4, 0.5) is 14.5 Å². The molecule has 3 rings (SSSR count). The molecule has 28 heavy (non-hydrogen) atoms. The van der Waals surface area contributed by atoms with Gasteiger partial charge in [-0.3, -0.25) is 4.79 Å². The van der Waals surface area contributed by atoms with Crippen molar-refractivity contribution in [2.75, 3.05) is 12.0 Å². The summed E-state index contributed by atoms with van der Waals surface area (Å²) in [6.45, 7) is 0.959. The number of carbonyl (C=O) groups excluding carboxylic acids is 1. The van der Waals surface area contributed by atoms with Crippen LogP contribution in [0, 0.1) is 17.1 Å². The van der Waals surface area contributed by atoms with Crippen LogP contribution in [-0.4, -0.2) is 28.0 Å². The van der Waals surface area contributed by atoms with Crippen LogP contribution in [0.3, 0.4) is 0 Å². The van der Waals surface area contributed by atoms with Crippen LogP contribution in [0.1, 0.15) is 35.0 Å². The number of amides is 1. The maximum atomic E-state index is 14.5. The van der Waals surface area contributed by atoms with Gasteiger partial charge in [0.05, 0.1) is 5.56 Å². The number of anilines is 1. The number of aliphatic imine (C=N–C) groups is 1. The molecule has 6 nitrogen and oxygen atoms in total. The SMILES string of the molecule is C[C@@H]1C[C@@](CF)(c2cc(NC(=O)c3ccc(C#N)cn3)ccc2F)N=C(N)S1. The Morgan fingerprint density at radius 3 is 2.86 bits per heavy atom. The summed E-state index contributed by atoms with van der Waals surface area (Å²) in [6, 6.07) is 8.70. The van der Waals surface area contributed by atoms with E-state index in [0.29, 0.717) is 5.56 Å². The van der Waals surface area contributed by atoms with Crippen LogP contribution in [0.15, 0.2) is 41.5 Å². The maximum absolute atomic E-state index is 14.5. The second kappa shape index (κ2) is 7.94. The van der Waals surface area contributed by atoms with Gasteiger partial charge in [0.15, 0.2) is 5.17 Å². The van der Waals surface area contributed by atoms with Gasteiger partial charge in [0, 0.05) is 22.7 Å². The van der Waals surface area contributed by atoms with Crippen molar-refractivity contribution >= 4 is 28.5 Å². The number of amidine groups is 1. The van der Waals surface area contributed by atoms with E-state index in [-0.39, 0.29) is 33.8 Å². The summed E-state index contributed by atoms with van der Waals surface area (Å²) in [7, 11) is 0. The Kier molecular flexibility index (Phi) is 5.61. The molecule has 2 aromatic rings. The molecule has 0 fully saturated rings. The van der Waals surface area contributed by atoms with Crippen molar-refractivity contribution in [2.45, 2.75) is 24.1 Å². The van der Waals surface area contributed by atoms with Crippen molar-refractivity contribution in [3.8, 4) is 6.07 Å². The minimum atomic E-state index is -1.42. The zero-order chi connectivity index (χ0) is 20.3. The van der Waals surface area contributed by atoms with Gasteiger partial charge in [-0.2, -0.15) is 5.26 Å². The molecule has 0 aliphatic carbocycles. The first-order chi connectivity index (χ1) is 13.4. The number of nitrogens with one attached hydrogen (secondary N) is 1. The van der Waals surface area contributed by atoms with E-state index in [1.807, 2.05) is 13.0 Å². The van der Waals surface area contributed by atoms with Gasteiger partial charge in [0.2, 0.25) is 0 Å². The van der Waals surface area contributed by atoms with Gasteiger partial charge in [0.1, 0.15) is 29.8 Å². The van der Waals surface area contributed by atoms with Gasteiger partial charge in [-0.1, -0.05) is 18.7 Å². The molecule has 0 radical (unpaired) electrons. The van der Waals surface area contributed by atoms with Gasteiger partial charge >= 0.3 is 0 Å². The third-order valence-corrected chi connectivity index (χ3v) is 5.24. The quantitative estimate of drug-likeness (QED) is 0.818. The summed E-state index contributed by atoms with van der Waals surface area (Å²) in [4.78, 5) is 20.5. The molecule has 0 spiro atoms. The lowest BCUT2D eigenvalue weighted by Gasteiger charge is -2.34. The number of alkyl halides is 1. The number of nitriles is 1. The number of thioether (sulfide) groups is 1. The Morgan fingerprint density at radius 1 is 1.46 bits per heavy atom. The highest BCUT2D eigenvalue weighted by atomic mass is 32.2.